The number of ether oxygens (including phenoxy) is 1. The molecule has 23 heavy (non-hydrogen) atoms. The summed E-state index contributed by atoms with van der Waals surface area (Å²) >= 11 is 0. The molecule has 0 aliphatic rings. The van der Waals surface area contributed by atoms with Gasteiger partial charge in [-0.2, -0.15) is 13.2 Å². The molecule has 0 saturated heterocycles. The molecule has 0 unspecified atom stereocenters. The summed E-state index contributed by atoms with van der Waals surface area (Å²) in [6.07, 6.45) is -4.64. The maximum atomic E-state index is 12.9. The Hall–Kier alpha value is -2.83. The zero-order chi connectivity index (χ0) is 17.0. The Kier molecular flexibility index (Phi) is 4.68. The number of methoxy groups -OCH3 is 1. The summed E-state index contributed by atoms with van der Waals surface area (Å²) in [4.78, 5) is 23.5. The summed E-state index contributed by atoms with van der Waals surface area (Å²) < 4.78 is 43.3. The van der Waals surface area contributed by atoms with Crippen LogP contribution in [-0.4, -0.2) is 19.0 Å². The van der Waals surface area contributed by atoms with Gasteiger partial charge in [0.15, 0.2) is 0 Å². The van der Waals surface area contributed by atoms with Gasteiger partial charge in [-0.3, -0.25) is 4.79 Å². The standard InChI is InChI=1S/C16H12F3NO3/c1-23-15(22)10-5-4-6-11(9-10)20-14(21)12-7-2-3-8-13(12)16(17,18)19/h2-9H,1H3,(H,20,21). The topological polar surface area (TPSA) is 55.4 Å². The number of rotatable bonds is 3. The first kappa shape index (κ1) is 16.5. The highest BCUT2D eigenvalue weighted by Crippen LogP contribution is 2.32. The van der Waals surface area contributed by atoms with Gasteiger partial charge in [0.2, 0.25) is 0 Å². The molecule has 0 aromatic heterocycles. The van der Waals surface area contributed by atoms with Crippen molar-refractivity contribution in [3.05, 3.63) is 65.2 Å². The van der Waals surface area contributed by atoms with E-state index in [2.05, 4.69) is 10.1 Å². The second-order valence-corrected chi connectivity index (χ2v) is 4.57. The van der Waals surface area contributed by atoms with Crippen molar-refractivity contribution in [2.75, 3.05) is 12.4 Å². The Balaban J connectivity index is 2.29. The van der Waals surface area contributed by atoms with Crippen LogP contribution in [0.5, 0.6) is 0 Å². The molecule has 4 nitrogen and oxygen atoms in total. The molecule has 7 heteroatoms. The van der Waals surface area contributed by atoms with Crippen LogP contribution in [0.2, 0.25) is 0 Å². The van der Waals surface area contributed by atoms with Crippen LogP contribution in [0.3, 0.4) is 0 Å². The van der Waals surface area contributed by atoms with Crippen LogP contribution in [0.1, 0.15) is 26.3 Å². The van der Waals surface area contributed by atoms with Crippen LogP contribution >= 0.6 is 0 Å². The smallest absolute Gasteiger partial charge is 0.417 e. The van der Waals surface area contributed by atoms with Gasteiger partial charge < -0.3 is 10.1 Å². The van der Waals surface area contributed by atoms with Crippen molar-refractivity contribution in [1.82, 2.24) is 0 Å². The number of hydrogen-bond donors (Lipinski definition) is 1. The molecule has 0 saturated carbocycles. The normalized spacial score (nSPS) is 11.0. The van der Waals surface area contributed by atoms with E-state index in [0.717, 1.165) is 12.1 Å². The van der Waals surface area contributed by atoms with Crippen molar-refractivity contribution in [3.8, 4) is 0 Å². The molecule has 0 radical (unpaired) electrons. The highest BCUT2D eigenvalue weighted by Gasteiger charge is 2.34. The third-order valence-electron chi connectivity index (χ3n) is 3.02. The van der Waals surface area contributed by atoms with E-state index in [-0.39, 0.29) is 11.3 Å². The van der Waals surface area contributed by atoms with Crippen LogP contribution in [0.4, 0.5) is 18.9 Å². The summed E-state index contributed by atoms with van der Waals surface area (Å²) in [5.41, 5.74) is -1.16. The maximum Gasteiger partial charge on any atom is 0.417 e. The molecule has 1 amide bonds. The number of amides is 1. The van der Waals surface area contributed by atoms with Gasteiger partial charge in [-0.05, 0) is 30.3 Å². The number of halogens is 3. The van der Waals surface area contributed by atoms with E-state index in [0.29, 0.717) is 0 Å². The predicted octanol–water partition coefficient (Wildman–Crippen LogP) is 3.74. The lowest BCUT2D eigenvalue weighted by molar-refractivity contribution is -0.137. The zero-order valence-corrected chi connectivity index (χ0v) is 12.0. The Morgan fingerprint density at radius 2 is 1.74 bits per heavy atom. The summed E-state index contributed by atoms with van der Waals surface area (Å²) in [7, 11) is 1.20. The third-order valence-corrected chi connectivity index (χ3v) is 3.02. The number of nitrogens with one attached hydrogen (secondary N) is 1. The summed E-state index contributed by atoms with van der Waals surface area (Å²) in [5.74, 6) is -1.53. The van der Waals surface area contributed by atoms with Crippen molar-refractivity contribution in [3.63, 3.8) is 0 Å². The average molecular weight is 323 g/mol. The van der Waals surface area contributed by atoms with E-state index >= 15 is 0 Å². The van der Waals surface area contributed by atoms with Crippen LogP contribution in [0.15, 0.2) is 48.5 Å². The Morgan fingerprint density at radius 1 is 1.04 bits per heavy atom. The number of carbonyl (C=O) groups excluding carboxylic acids is 2. The lowest BCUT2D eigenvalue weighted by Gasteiger charge is -2.13. The minimum atomic E-state index is -4.64. The highest BCUT2D eigenvalue weighted by atomic mass is 19.4. The number of anilines is 1. The van der Waals surface area contributed by atoms with Gasteiger partial charge in [0.25, 0.3) is 5.91 Å². The first-order chi connectivity index (χ1) is 10.8. The van der Waals surface area contributed by atoms with Crippen LogP contribution in [0, 0.1) is 0 Å². The van der Waals surface area contributed by atoms with Gasteiger partial charge in [0.1, 0.15) is 0 Å². The molecule has 0 aliphatic carbocycles. The molecular formula is C16H12F3NO3. The summed E-state index contributed by atoms with van der Waals surface area (Å²) in [6.45, 7) is 0. The van der Waals surface area contributed by atoms with E-state index in [4.69, 9.17) is 0 Å². The Morgan fingerprint density at radius 3 is 2.39 bits per heavy atom. The lowest BCUT2D eigenvalue weighted by Crippen LogP contribution is -2.18. The summed E-state index contributed by atoms with van der Waals surface area (Å²) in [5, 5.41) is 2.34. The van der Waals surface area contributed by atoms with Crippen LogP contribution in [0.25, 0.3) is 0 Å². The van der Waals surface area contributed by atoms with E-state index in [1.54, 1.807) is 0 Å². The van der Waals surface area contributed by atoms with Gasteiger partial charge in [-0.1, -0.05) is 18.2 Å². The van der Waals surface area contributed by atoms with E-state index in [1.807, 2.05) is 0 Å². The molecular weight excluding hydrogens is 311 g/mol. The zero-order valence-electron chi connectivity index (χ0n) is 12.0. The predicted molar refractivity (Wildman–Crippen MR) is 77.2 cm³/mol. The monoisotopic (exact) mass is 323 g/mol. The SMILES string of the molecule is COC(=O)c1cccc(NC(=O)c2ccccc2C(F)(F)F)c1. The molecule has 0 bridgehead atoms. The van der Waals surface area contributed by atoms with Gasteiger partial charge in [-0.15, -0.1) is 0 Å². The summed E-state index contributed by atoms with van der Waals surface area (Å²) in [6, 6.07) is 10.2. The Labute approximate surface area is 129 Å². The molecule has 0 spiro atoms. The van der Waals surface area contributed by atoms with Crippen molar-refractivity contribution >= 4 is 17.6 Å². The average Bonchev–Trinajstić information content (AvgIpc) is 2.53. The number of carbonyl (C=O) groups is 2. The first-order valence-electron chi connectivity index (χ1n) is 6.49. The van der Waals surface area contributed by atoms with E-state index < -0.39 is 29.2 Å². The fourth-order valence-electron chi connectivity index (χ4n) is 1.97. The minimum Gasteiger partial charge on any atom is -0.465 e. The fraction of sp³-hybridized carbons (Fsp3) is 0.125. The van der Waals surface area contributed by atoms with Gasteiger partial charge in [0.05, 0.1) is 23.8 Å². The lowest BCUT2D eigenvalue weighted by atomic mass is 10.1. The molecule has 0 heterocycles. The molecule has 0 fully saturated rings. The highest BCUT2D eigenvalue weighted by molar-refractivity contribution is 6.06. The van der Waals surface area contributed by atoms with Crippen molar-refractivity contribution in [2.24, 2.45) is 0 Å². The number of benzene rings is 2. The first-order valence-corrected chi connectivity index (χ1v) is 6.49. The fourth-order valence-corrected chi connectivity index (χ4v) is 1.97. The van der Waals surface area contributed by atoms with E-state index in [9.17, 15) is 22.8 Å². The quantitative estimate of drug-likeness (QED) is 0.875. The van der Waals surface area contributed by atoms with Gasteiger partial charge in [0, 0.05) is 5.69 Å². The van der Waals surface area contributed by atoms with Gasteiger partial charge in [-0.25, -0.2) is 4.79 Å². The number of hydrogen-bond acceptors (Lipinski definition) is 3. The van der Waals surface area contributed by atoms with Gasteiger partial charge >= 0.3 is 12.1 Å². The molecule has 0 aliphatic heterocycles. The van der Waals surface area contributed by atoms with Crippen molar-refractivity contribution in [1.29, 1.82) is 0 Å². The molecule has 0 atom stereocenters. The number of alkyl halides is 3. The van der Waals surface area contributed by atoms with Crippen LogP contribution in [-0.2, 0) is 10.9 Å². The second kappa shape index (κ2) is 6.51. The minimum absolute atomic E-state index is 0.175. The molecule has 2 rings (SSSR count). The number of esters is 1. The molecule has 1 N–H and O–H groups in total. The molecule has 120 valence electrons. The third kappa shape index (κ3) is 3.88. The Bertz CT molecular complexity index is 741. The molecule has 2 aromatic carbocycles. The van der Waals surface area contributed by atoms with Crippen molar-refractivity contribution < 1.29 is 27.5 Å². The largest absolute Gasteiger partial charge is 0.465 e. The second-order valence-electron chi connectivity index (χ2n) is 4.57. The van der Waals surface area contributed by atoms with Crippen LogP contribution < -0.4 is 5.32 Å². The maximum absolute atomic E-state index is 12.9. The molecule has 2 aromatic rings. The van der Waals surface area contributed by atoms with E-state index in [1.165, 1.54) is 43.5 Å². The van der Waals surface area contributed by atoms with Crippen molar-refractivity contribution in [2.45, 2.75) is 6.18 Å².